The van der Waals surface area contributed by atoms with Crippen LogP contribution >= 0.6 is 15.6 Å². The van der Waals surface area contributed by atoms with Crippen molar-refractivity contribution in [3.05, 3.63) is 0 Å². The van der Waals surface area contributed by atoms with Gasteiger partial charge in [-0.2, -0.15) is 0 Å². The standard InChI is InChI=1S/C91H178O17P2/c1-8-10-11-12-13-14-15-37-44-51-58-65-72-88(93)101-78-86(107-91(96)75-68-61-54-47-40-33-27-26-29-35-42-49-56-63-70-83(5)6)80-105-109(97,98)103-76-85(92)77-104-110(99,100)106-81-87(79-102-89(94)73-66-59-52-45-38-31-24-21-20-22-28-34-41-48-55-62-69-82(3)4)108-90(95)74-67-60-53-46-39-32-25-19-17-16-18-23-30-36-43-50-57-64-71-84(7)9-2/h82-87,92H,8-81H2,1-7H3,(H,97,98)(H,99,100)/t84?,85-,86+,87+/m0/s1. The topological polar surface area (TPSA) is 237 Å². The van der Waals surface area contributed by atoms with Crippen molar-refractivity contribution in [1.82, 2.24) is 0 Å². The third-order valence-electron chi connectivity index (χ3n) is 21.7. The number of rotatable bonds is 89. The van der Waals surface area contributed by atoms with Crippen molar-refractivity contribution < 1.29 is 80.2 Å². The highest BCUT2D eigenvalue weighted by molar-refractivity contribution is 7.47. The summed E-state index contributed by atoms with van der Waals surface area (Å²) in [5, 5.41) is 10.7. The molecule has 0 aliphatic rings. The van der Waals surface area contributed by atoms with E-state index in [4.69, 9.17) is 37.0 Å². The van der Waals surface area contributed by atoms with Crippen LogP contribution in [-0.4, -0.2) is 96.7 Å². The van der Waals surface area contributed by atoms with Crippen molar-refractivity contribution in [2.75, 3.05) is 39.6 Å². The van der Waals surface area contributed by atoms with Gasteiger partial charge in [-0.25, -0.2) is 9.13 Å². The van der Waals surface area contributed by atoms with Gasteiger partial charge in [0.2, 0.25) is 0 Å². The van der Waals surface area contributed by atoms with E-state index in [1.54, 1.807) is 0 Å². The van der Waals surface area contributed by atoms with Gasteiger partial charge in [-0.1, -0.05) is 434 Å². The molecule has 0 spiro atoms. The number of phosphoric ester groups is 2. The van der Waals surface area contributed by atoms with Crippen LogP contribution in [-0.2, 0) is 65.4 Å². The van der Waals surface area contributed by atoms with E-state index in [2.05, 4.69) is 48.5 Å². The molecule has 0 radical (unpaired) electrons. The number of ether oxygens (including phenoxy) is 4. The van der Waals surface area contributed by atoms with Crippen molar-refractivity contribution in [3.63, 3.8) is 0 Å². The third-order valence-corrected chi connectivity index (χ3v) is 23.6. The Kier molecular flexibility index (Phi) is 79.4. The van der Waals surface area contributed by atoms with E-state index in [1.165, 1.54) is 295 Å². The van der Waals surface area contributed by atoms with Gasteiger partial charge in [-0.3, -0.25) is 37.3 Å². The predicted molar refractivity (Wildman–Crippen MR) is 455 cm³/mol. The maximum atomic E-state index is 13.2. The van der Waals surface area contributed by atoms with Crippen molar-refractivity contribution in [1.29, 1.82) is 0 Å². The smallest absolute Gasteiger partial charge is 0.462 e. The number of hydrogen-bond acceptors (Lipinski definition) is 15. The first-order valence-corrected chi connectivity index (χ1v) is 49.9. The molecule has 3 N–H and O–H groups in total. The van der Waals surface area contributed by atoms with E-state index in [0.29, 0.717) is 25.7 Å². The Morgan fingerprint density at radius 3 is 0.691 bits per heavy atom. The lowest BCUT2D eigenvalue weighted by atomic mass is 9.99. The second kappa shape index (κ2) is 80.8. The first kappa shape index (κ1) is 108. The van der Waals surface area contributed by atoms with Gasteiger partial charge < -0.3 is 33.8 Å². The molecular formula is C91H178O17P2. The number of esters is 4. The van der Waals surface area contributed by atoms with Gasteiger partial charge in [0.1, 0.15) is 19.3 Å². The molecule has 0 saturated heterocycles. The largest absolute Gasteiger partial charge is 0.472 e. The van der Waals surface area contributed by atoms with E-state index < -0.39 is 97.5 Å². The highest BCUT2D eigenvalue weighted by Gasteiger charge is 2.31. The molecule has 110 heavy (non-hydrogen) atoms. The number of carbonyl (C=O) groups excluding carboxylic acids is 4. The maximum Gasteiger partial charge on any atom is 0.472 e. The van der Waals surface area contributed by atoms with Crippen LogP contribution in [0.1, 0.15) is 485 Å². The average Bonchev–Trinajstić information content (AvgIpc) is 0.897. The van der Waals surface area contributed by atoms with Gasteiger partial charge in [-0.05, 0) is 43.4 Å². The monoisotopic (exact) mass is 1610 g/mol. The molecule has 0 aromatic heterocycles. The predicted octanol–water partition coefficient (Wildman–Crippen LogP) is 28.0. The average molecular weight is 1610 g/mol. The highest BCUT2D eigenvalue weighted by atomic mass is 31.2. The molecular weight excluding hydrogens is 1430 g/mol. The van der Waals surface area contributed by atoms with Crippen molar-refractivity contribution >= 4 is 39.5 Å². The fourth-order valence-electron chi connectivity index (χ4n) is 14.2. The zero-order chi connectivity index (χ0) is 80.8. The van der Waals surface area contributed by atoms with Crippen LogP contribution in [0.4, 0.5) is 0 Å². The Morgan fingerprint density at radius 2 is 0.464 bits per heavy atom. The zero-order valence-electron chi connectivity index (χ0n) is 72.7. The summed E-state index contributed by atoms with van der Waals surface area (Å²) in [5.41, 5.74) is 0. The molecule has 0 aliphatic heterocycles. The summed E-state index contributed by atoms with van der Waals surface area (Å²) in [6.07, 6.45) is 73.5. The zero-order valence-corrected chi connectivity index (χ0v) is 74.5. The quantitative estimate of drug-likeness (QED) is 0.0222. The first-order valence-electron chi connectivity index (χ1n) is 46.9. The molecule has 6 atom stereocenters. The number of phosphoric acid groups is 2. The lowest BCUT2D eigenvalue weighted by molar-refractivity contribution is -0.161. The molecule has 0 aromatic carbocycles. The van der Waals surface area contributed by atoms with Crippen LogP contribution in [0, 0.1) is 17.8 Å². The molecule has 17 nitrogen and oxygen atoms in total. The number of aliphatic hydroxyl groups is 1. The van der Waals surface area contributed by atoms with E-state index in [-0.39, 0.29) is 25.7 Å². The van der Waals surface area contributed by atoms with Crippen LogP contribution in [0.25, 0.3) is 0 Å². The number of aliphatic hydroxyl groups excluding tert-OH is 1. The summed E-state index contributed by atoms with van der Waals surface area (Å²) in [5.74, 6) is 0.382. The molecule has 3 unspecified atom stereocenters. The van der Waals surface area contributed by atoms with Crippen LogP contribution in [0.2, 0.25) is 0 Å². The summed E-state index contributed by atoms with van der Waals surface area (Å²) < 4.78 is 69.1. The van der Waals surface area contributed by atoms with E-state index in [1.807, 2.05) is 0 Å². The summed E-state index contributed by atoms with van der Waals surface area (Å²) in [7, 11) is -9.94. The minimum atomic E-state index is -4.97. The SMILES string of the molecule is CCCCCCCCCCCCCCC(=O)OC[C@H](COP(=O)(O)OC[C@H](O)COP(=O)(O)OC[C@@H](COC(=O)CCCCCCCCCCCCCCCCCCC(C)C)OC(=O)CCCCCCCCCCCCCCCCCCCCC(C)CC)OC(=O)CCCCCCCCCCCCCCCCC(C)C. The van der Waals surface area contributed by atoms with E-state index in [9.17, 15) is 43.2 Å². The van der Waals surface area contributed by atoms with Crippen molar-refractivity contribution in [3.8, 4) is 0 Å². The van der Waals surface area contributed by atoms with E-state index >= 15 is 0 Å². The Labute approximate surface area is 677 Å². The Hall–Kier alpha value is -1.94. The molecule has 0 amide bonds. The summed E-state index contributed by atoms with van der Waals surface area (Å²) in [6.45, 7) is 12.1. The van der Waals surface area contributed by atoms with Crippen molar-refractivity contribution in [2.45, 2.75) is 503 Å². The molecule has 0 aromatic rings. The van der Waals surface area contributed by atoms with Crippen molar-refractivity contribution in [2.24, 2.45) is 17.8 Å². The van der Waals surface area contributed by atoms with Gasteiger partial charge in [0.25, 0.3) is 0 Å². The van der Waals surface area contributed by atoms with Crippen LogP contribution in [0.15, 0.2) is 0 Å². The third kappa shape index (κ3) is 82.6. The molecule has 0 bridgehead atoms. The Bertz CT molecular complexity index is 2120. The van der Waals surface area contributed by atoms with Gasteiger partial charge >= 0.3 is 39.5 Å². The van der Waals surface area contributed by atoms with Gasteiger partial charge in [-0.15, -0.1) is 0 Å². The van der Waals surface area contributed by atoms with Crippen LogP contribution in [0.3, 0.4) is 0 Å². The fourth-order valence-corrected chi connectivity index (χ4v) is 15.8. The fraction of sp³-hybridized carbons (Fsp3) is 0.956. The lowest BCUT2D eigenvalue weighted by Crippen LogP contribution is -2.30. The number of unbranched alkanes of at least 4 members (excludes halogenated alkanes) is 56. The van der Waals surface area contributed by atoms with Crippen LogP contribution < -0.4 is 0 Å². The first-order chi connectivity index (χ1) is 53.3. The van der Waals surface area contributed by atoms with Gasteiger partial charge in [0.15, 0.2) is 12.2 Å². The van der Waals surface area contributed by atoms with Gasteiger partial charge in [0, 0.05) is 25.7 Å². The summed E-state index contributed by atoms with van der Waals surface area (Å²) in [4.78, 5) is 73.4. The Morgan fingerprint density at radius 1 is 0.264 bits per heavy atom. The molecule has 0 heterocycles. The highest BCUT2D eigenvalue weighted by Crippen LogP contribution is 2.45. The molecule has 19 heteroatoms. The summed E-state index contributed by atoms with van der Waals surface area (Å²) in [6, 6.07) is 0. The van der Waals surface area contributed by atoms with Crippen LogP contribution in [0.5, 0.6) is 0 Å². The van der Waals surface area contributed by atoms with Gasteiger partial charge in [0.05, 0.1) is 26.4 Å². The molecule has 0 rings (SSSR count). The molecule has 0 aliphatic carbocycles. The molecule has 0 saturated carbocycles. The molecule has 0 fully saturated rings. The second-order valence-corrected chi connectivity index (χ2v) is 36.8. The van der Waals surface area contributed by atoms with E-state index in [0.717, 1.165) is 108 Å². The molecule has 654 valence electrons. The second-order valence-electron chi connectivity index (χ2n) is 33.9. The minimum absolute atomic E-state index is 0.108. The lowest BCUT2D eigenvalue weighted by Gasteiger charge is -2.21. The maximum absolute atomic E-state index is 13.2. The number of carbonyl (C=O) groups is 4. The number of hydrogen-bond donors (Lipinski definition) is 3. The summed E-state index contributed by atoms with van der Waals surface area (Å²) >= 11 is 0. The normalized spacial score (nSPS) is 14.0. The Balaban J connectivity index is 5.25. The minimum Gasteiger partial charge on any atom is -0.462 e.